The molecule has 4 nitrogen and oxygen atoms in total. The maximum atomic E-state index is 13.5. The summed E-state index contributed by atoms with van der Waals surface area (Å²) in [6.45, 7) is 1.66. The van der Waals surface area contributed by atoms with E-state index in [0.29, 0.717) is 16.9 Å². The van der Waals surface area contributed by atoms with Crippen LogP contribution in [0.2, 0.25) is 0 Å². The number of benzene rings is 1. The van der Waals surface area contributed by atoms with Crippen molar-refractivity contribution in [3.8, 4) is 5.75 Å². The summed E-state index contributed by atoms with van der Waals surface area (Å²) in [6.07, 6.45) is 0. The Labute approximate surface area is 99.5 Å². The molecular weight excluding hydrogens is 225 g/mol. The predicted octanol–water partition coefficient (Wildman–Crippen LogP) is 1.36. The molecule has 0 saturated heterocycles. The number of aryl methyl sites for hydroxylation is 1. The quantitative estimate of drug-likeness (QED) is 0.808. The van der Waals surface area contributed by atoms with Gasteiger partial charge < -0.3 is 15.2 Å². The summed E-state index contributed by atoms with van der Waals surface area (Å²) in [4.78, 5) is 11.5. The monoisotopic (exact) mass is 241 g/mol. The average Bonchev–Trinajstić information content (AvgIpc) is 2.33. The van der Waals surface area contributed by atoms with E-state index in [1.165, 1.54) is 26.4 Å². The van der Waals surface area contributed by atoms with Crippen molar-refractivity contribution in [2.75, 3.05) is 20.8 Å². The summed E-state index contributed by atoms with van der Waals surface area (Å²) in [7, 11) is 2.73. The average molecular weight is 241 g/mol. The van der Waals surface area contributed by atoms with Gasteiger partial charge in [-0.15, -0.1) is 0 Å². The summed E-state index contributed by atoms with van der Waals surface area (Å²) in [6, 6.07) is 2.80. The highest BCUT2D eigenvalue weighted by Crippen LogP contribution is 2.29. The first kappa shape index (κ1) is 13.4. The van der Waals surface area contributed by atoms with Crippen molar-refractivity contribution >= 4 is 5.97 Å². The molecule has 0 aliphatic rings. The van der Waals surface area contributed by atoms with Crippen LogP contribution >= 0.6 is 0 Å². The van der Waals surface area contributed by atoms with E-state index < -0.39 is 17.7 Å². The van der Waals surface area contributed by atoms with Crippen molar-refractivity contribution in [1.29, 1.82) is 0 Å². The van der Waals surface area contributed by atoms with Crippen LogP contribution in [0.3, 0.4) is 0 Å². The fourth-order valence-corrected chi connectivity index (χ4v) is 1.61. The zero-order valence-electron chi connectivity index (χ0n) is 10.1. The standard InChI is InChI=1S/C12H16FNO3/c1-7-4-11(16-2)8(5-10(7)13)9(6-14)12(15)17-3/h4-5,9H,6,14H2,1-3H3. The summed E-state index contributed by atoms with van der Waals surface area (Å²) in [5, 5.41) is 0. The molecule has 0 saturated carbocycles. The highest BCUT2D eigenvalue weighted by molar-refractivity contribution is 5.79. The number of carbonyl (C=O) groups is 1. The molecule has 1 atom stereocenters. The van der Waals surface area contributed by atoms with Crippen molar-refractivity contribution in [2.24, 2.45) is 5.73 Å². The van der Waals surface area contributed by atoms with E-state index in [1.54, 1.807) is 6.92 Å². The van der Waals surface area contributed by atoms with Gasteiger partial charge in [-0.25, -0.2) is 4.39 Å². The third-order valence-corrected chi connectivity index (χ3v) is 2.61. The minimum atomic E-state index is -0.718. The molecule has 1 aromatic carbocycles. The van der Waals surface area contributed by atoms with Gasteiger partial charge in [-0.2, -0.15) is 0 Å². The van der Waals surface area contributed by atoms with Gasteiger partial charge in [0, 0.05) is 12.1 Å². The van der Waals surface area contributed by atoms with Crippen LogP contribution < -0.4 is 10.5 Å². The molecule has 2 N–H and O–H groups in total. The van der Waals surface area contributed by atoms with Gasteiger partial charge >= 0.3 is 5.97 Å². The van der Waals surface area contributed by atoms with E-state index in [2.05, 4.69) is 4.74 Å². The highest BCUT2D eigenvalue weighted by atomic mass is 19.1. The molecule has 0 fully saturated rings. The predicted molar refractivity (Wildman–Crippen MR) is 61.5 cm³/mol. The number of carbonyl (C=O) groups excluding carboxylic acids is 1. The molecule has 0 radical (unpaired) electrons. The minimum Gasteiger partial charge on any atom is -0.496 e. The Kier molecular flexibility index (Phi) is 4.45. The number of rotatable bonds is 4. The fraction of sp³-hybridized carbons (Fsp3) is 0.417. The lowest BCUT2D eigenvalue weighted by molar-refractivity contribution is -0.142. The molecule has 1 rings (SSSR count). The van der Waals surface area contributed by atoms with Gasteiger partial charge in [0.2, 0.25) is 0 Å². The molecular formula is C12H16FNO3. The van der Waals surface area contributed by atoms with Crippen molar-refractivity contribution in [3.05, 3.63) is 29.1 Å². The number of hydrogen-bond acceptors (Lipinski definition) is 4. The van der Waals surface area contributed by atoms with E-state index in [9.17, 15) is 9.18 Å². The zero-order chi connectivity index (χ0) is 13.0. The van der Waals surface area contributed by atoms with Gasteiger partial charge in [0.1, 0.15) is 11.6 Å². The van der Waals surface area contributed by atoms with E-state index in [4.69, 9.17) is 10.5 Å². The Hall–Kier alpha value is -1.62. The van der Waals surface area contributed by atoms with Crippen LogP contribution in [0.1, 0.15) is 17.0 Å². The zero-order valence-corrected chi connectivity index (χ0v) is 10.1. The van der Waals surface area contributed by atoms with Crippen LogP contribution in [0, 0.1) is 12.7 Å². The Bertz CT molecular complexity index is 420. The molecule has 0 aromatic heterocycles. The number of hydrogen-bond donors (Lipinski definition) is 1. The lowest BCUT2D eigenvalue weighted by Crippen LogP contribution is -2.23. The Morgan fingerprint density at radius 1 is 1.47 bits per heavy atom. The lowest BCUT2D eigenvalue weighted by Gasteiger charge is -2.17. The first-order chi connectivity index (χ1) is 8.04. The maximum Gasteiger partial charge on any atom is 0.314 e. The highest BCUT2D eigenvalue weighted by Gasteiger charge is 2.24. The molecule has 94 valence electrons. The summed E-state index contributed by atoms with van der Waals surface area (Å²) in [5.74, 6) is -1.19. The van der Waals surface area contributed by atoms with Gasteiger partial charge in [0.05, 0.1) is 20.1 Å². The minimum absolute atomic E-state index is 0.0333. The SMILES string of the molecule is COC(=O)C(CN)c1cc(F)c(C)cc1OC. The number of nitrogens with two attached hydrogens (primary N) is 1. The Balaban J connectivity index is 3.27. The van der Waals surface area contributed by atoms with Crippen LogP contribution in [0.5, 0.6) is 5.75 Å². The van der Waals surface area contributed by atoms with Crippen molar-refractivity contribution < 1.29 is 18.7 Å². The van der Waals surface area contributed by atoms with E-state index >= 15 is 0 Å². The maximum absolute atomic E-state index is 13.5. The van der Waals surface area contributed by atoms with E-state index in [0.717, 1.165) is 0 Å². The summed E-state index contributed by atoms with van der Waals surface area (Å²) in [5.41, 5.74) is 6.37. The number of ether oxygens (including phenoxy) is 2. The molecule has 1 aromatic rings. The van der Waals surface area contributed by atoms with Crippen molar-refractivity contribution in [2.45, 2.75) is 12.8 Å². The smallest absolute Gasteiger partial charge is 0.314 e. The topological polar surface area (TPSA) is 61.5 Å². The Morgan fingerprint density at radius 2 is 2.12 bits per heavy atom. The van der Waals surface area contributed by atoms with Crippen LogP contribution in [0.4, 0.5) is 4.39 Å². The molecule has 1 unspecified atom stereocenters. The normalized spacial score (nSPS) is 12.1. The first-order valence-corrected chi connectivity index (χ1v) is 5.17. The molecule has 0 aliphatic heterocycles. The fourth-order valence-electron chi connectivity index (χ4n) is 1.61. The van der Waals surface area contributed by atoms with Crippen molar-refractivity contribution in [3.63, 3.8) is 0 Å². The number of esters is 1. The van der Waals surface area contributed by atoms with Gasteiger partial charge in [-0.3, -0.25) is 4.79 Å². The van der Waals surface area contributed by atoms with E-state index in [1.807, 2.05) is 0 Å². The van der Waals surface area contributed by atoms with Gasteiger partial charge in [-0.05, 0) is 24.6 Å². The second-order valence-corrected chi connectivity index (χ2v) is 3.65. The number of methoxy groups -OCH3 is 2. The first-order valence-electron chi connectivity index (χ1n) is 5.17. The molecule has 0 bridgehead atoms. The van der Waals surface area contributed by atoms with Gasteiger partial charge in [-0.1, -0.05) is 0 Å². The second-order valence-electron chi connectivity index (χ2n) is 3.65. The third-order valence-electron chi connectivity index (χ3n) is 2.61. The van der Waals surface area contributed by atoms with Gasteiger partial charge in [0.15, 0.2) is 0 Å². The molecule has 0 spiro atoms. The van der Waals surface area contributed by atoms with Crippen LogP contribution in [0.15, 0.2) is 12.1 Å². The molecule has 5 heteroatoms. The third kappa shape index (κ3) is 2.74. The number of halogens is 1. The molecule has 17 heavy (non-hydrogen) atoms. The van der Waals surface area contributed by atoms with Crippen LogP contribution in [0.25, 0.3) is 0 Å². The van der Waals surface area contributed by atoms with E-state index in [-0.39, 0.29) is 6.54 Å². The van der Waals surface area contributed by atoms with Gasteiger partial charge in [0.25, 0.3) is 0 Å². The van der Waals surface area contributed by atoms with Crippen LogP contribution in [-0.4, -0.2) is 26.7 Å². The second kappa shape index (κ2) is 5.63. The van der Waals surface area contributed by atoms with Crippen LogP contribution in [-0.2, 0) is 9.53 Å². The lowest BCUT2D eigenvalue weighted by atomic mass is 9.96. The molecule has 0 heterocycles. The molecule has 0 aliphatic carbocycles. The van der Waals surface area contributed by atoms with Crippen molar-refractivity contribution in [1.82, 2.24) is 0 Å². The Morgan fingerprint density at radius 3 is 2.59 bits per heavy atom. The largest absolute Gasteiger partial charge is 0.496 e. The summed E-state index contributed by atoms with van der Waals surface area (Å²) < 4.78 is 23.3. The summed E-state index contributed by atoms with van der Waals surface area (Å²) >= 11 is 0. The molecule has 0 amide bonds.